The largest absolute Gasteiger partial charge is 0.434 e. The molecule has 10 heteroatoms. The fourth-order valence-electron chi connectivity index (χ4n) is 6.25. The van der Waals surface area contributed by atoms with Crippen LogP contribution in [0, 0.1) is 35.5 Å². The van der Waals surface area contributed by atoms with E-state index in [0.717, 1.165) is 37.9 Å². The Labute approximate surface area is 238 Å². The number of aryl methyl sites for hydroxylation is 2. The van der Waals surface area contributed by atoms with Gasteiger partial charge >= 0.3 is 6.61 Å². The molecule has 2 fully saturated rings. The molecule has 2 aliphatic rings. The Hall–Kier alpha value is -4.18. The fourth-order valence-corrected chi connectivity index (χ4v) is 6.25. The van der Waals surface area contributed by atoms with Crippen LogP contribution in [0.4, 0.5) is 20.2 Å². The number of rotatable bonds is 8. The summed E-state index contributed by atoms with van der Waals surface area (Å²) in [5.41, 5.74) is 2.91. The van der Waals surface area contributed by atoms with Crippen LogP contribution in [-0.4, -0.2) is 41.8 Å². The quantitative estimate of drug-likeness (QED) is 0.352. The minimum absolute atomic E-state index is 0.0186. The van der Waals surface area contributed by atoms with Crippen molar-refractivity contribution in [1.29, 1.82) is 10.5 Å². The first-order chi connectivity index (χ1) is 19.7. The van der Waals surface area contributed by atoms with E-state index in [1.807, 2.05) is 24.1 Å². The lowest BCUT2D eigenvalue weighted by atomic mass is 9.83. The van der Waals surface area contributed by atoms with Crippen LogP contribution in [-0.2, 0) is 7.05 Å². The van der Waals surface area contributed by atoms with E-state index >= 15 is 0 Å². The van der Waals surface area contributed by atoms with E-state index in [9.17, 15) is 24.1 Å². The minimum Gasteiger partial charge on any atom is -0.434 e. The summed E-state index contributed by atoms with van der Waals surface area (Å²) in [6.07, 6.45) is 6.92. The average Bonchev–Trinajstić information content (AvgIpc) is 2.95. The smallest absolute Gasteiger partial charge is 0.387 e. The highest BCUT2D eigenvalue weighted by atomic mass is 19.3. The number of nitriles is 2. The van der Waals surface area contributed by atoms with Gasteiger partial charge in [-0.2, -0.15) is 19.3 Å². The molecule has 0 N–H and O–H groups in total. The van der Waals surface area contributed by atoms with Gasteiger partial charge in [0.15, 0.2) is 0 Å². The number of aromatic nitrogens is 2. The van der Waals surface area contributed by atoms with Gasteiger partial charge in [-0.05, 0) is 75.1 Å². The molecule has 3 aromatic rings. The van der Waals surface area contributed by atoms with Gasteiger partial charge in [0.05, 0.1) is 11.2 Å². The Morgan fingerprint density at radius 3 is 2.39 bits per heavy atom. The summed E-state index contributed by atoms with van der Waals surface area (Å²) in [6.45, 7) is -0.234. The molecule has 0 unspecified atom stereocenters. The first kappa shape index (κ1) is 28.4. The average molecular weight is 561 g/mol. The maximum Gasteiger partial charge on any atom is 0.387 e. The van der Waals surface area contributed by atoms with E-state index in [0.29, 0.717) is 28.2 Å². The molecule has 0 saturated heterocycles. The van der Waals surface area contributed by atoms with Crippen molar-refractivity contribution in [1.82, 2.24) is 9.55 Å². The molecule has 2 saturated carbocycles. The third-order valence-corrected chi connectivity index (χ3v) is 8.85. The van der Waals surface area contributed by atoms with Gasteiger partial charge in [0, 0.05) is 44.5 Å². The summed E-state index contributed by atoms with van der Waals surface area (Å²) in [4.78, 5) is 21.9. The molecule has 0 spiro atoms. The van der Waals surface area contributed by atoms with Crippen molar-refractivity contribution < 1.29 is 13.5 Å². The summed E-state index contributed by atoms with van der Waals surface area (Å²) in [7, 11) is 3.49. The maximum absolute atomic E-state index is 13.1. The number of fused-ring (bicyclic) bond motifs is 1. The van der Waals surface area contributed by atoms with Crippen molar-refractivity contribution >= 4 is 22.4 Å². The van der Waals surface area contributed by atoms with Gasteiger partial charge in [-0.1, -0.05) is 12.5 Å². The van der Waals surface area contributed by atoms with Crippen LogP contribution < -0.4 is 20.1 Å². The number of hydrogen-bond acceptors (Lipinski definition) is 7. The number of anilines is 2. The third kappa shape index (κ3) is 5.56. The van der Waals surface area contributed by atoms with E-state index in [-0.39, 0.29) is 29.1 Å². The second kappa shape index (κ2) is 11.7. The van der Waals surface area contributed by atoms with Crippen LogP contribution in [0.3, 0.4) is 0 Å². The van der Waals surface area contributed by atoms with Gasteiger partial charge in [-0.15, -0.1) is 0 Å². The maximum atomic E-state index is 13.1. The highest BCUT2D eigenvalue weighted by molar-refractivity contribution is 5.92. The van der Waals surface area contributed by atoms with Crippen LogP contribution in [0.1, 0.15) is 61.8 Å². The number of benzene rings is 1. The molecular weight excluding hydrogens is 526 g/mol. The Balaban J connectivity index is 1.42. The molecule has 0 aliphatic heterocycles. The lowest BCUT2D eigenvalue weighted by molar-refractivity contribution is -0.0502. The van der Waals surface area contributed by atoms with Gasteiger partial charge < -0.3 is 19.1 Å². The van der Waals surface area contributed by atoms with Crippen molar-refractivity contribution in [2.75, 3.05) is 23.4 Å². The van der Waals surface area contributed by atoms with Crippen LogP contribution >= 0.6 is 0 Å². The van der Waals surface area contributed by atoms with Crippen molar-refractivity contribution in [2.45, 2.75) is 70.6 Å². The molecule has 0 radical (unpaired) electrons. The number of halogens is 2. The summed E-state index contributed by atoms with van der Waals surface area (Å²) in [6, 6.07) is 13.3. The normalized spacial score (nSPS) is 18.9. The lowest BCUT2D eigenvalue weighted by Gasteiger charge is -2.44. The molecule has 41 heavy (non-hydrogen) atoms. The monoisotopic (exact) mass is 560 g/mol. The van der Waals surface area contributed by atoms with Crippen LogP contribution in [0.5, 0.6) is 5.75 Å². The van der Waals surface area contributed by atoms with Crippen LogP contribution in [0.2, 0.25) is 0 Å². The molecule has 5 rings (SSSR count). The standard InChI is InChI=1S/C31H34F2N6O2/c1-19-7-9-24(15-27(19)41-31(32)33)39(18-20-5-4-6-20)23-12-10-22(11-13-23)37(2)29-25(17-35)30(40)38(3)26-14-8-21(16-34)36-28(26)29/h7-9,14-15,20,22-23,31H,4-6,10-13,18H2,1-3H3/t22-,23+. The van der Waals surface area contributed by atoms with Gasteiger partial charge in [-0.3, -0.25) is 4.79 Å². The highest BCUT2D eigenvalue weighted by Crippen LogP contribution is 2.38. The van der Waals surface area contributed by atoms with E-state index in [1.165, 1.54) is 23.8 Å². The molecule has 0 bridgehead atoms. The molecule has 8 nitrogen and oxygen atoms in total. The van der Waals surface area contributed by atoms with E-state index < -0.39 is 12.2 Å². The number of alkyl halides is 2. The van der Waals surface area contributed by atoms with E-state index in [1.54, 1.807) is 32.2 Å². The Kier molecular flexibility index (Phi) is 8.12. The van der Waals surface area contributed by atoms with Gasteiger partial charge in [-0.25, -0.2) is 4.98 Å². The van der Waals surface area contributed by atoms with Crippen molar-refractivity contribution in [3.63, 3.8) is 0 Å². The molecule has 2 aliphatic carbocycles. The summed E-state index contributed by atoms with van der Waals surface area (Å²) in [5, 5.41) is 19.4. The lowest BCUT2D eigenvalue weighted by Crippen LogP contribution is -2.46. The Morgan fingerprint density at radius 2 is 1.78 bits per heavy atom. The number of pyridine rings is 2. The first-order valence-corrected chi connectivity index (χ1v) is 14.1. The summed E-state index contributed by atoms with van der Waals surface area (Å²) < 4.78 is 32.3. The van der Waals surface area contributed by atoms with Crippen molar-refractivity contribution in [3.8, 4) is 17.9 Å². The van der Waals surface area contributed by atoms with Gasteiger partial charge in [0.25, 0.3) is 5.56 Å². The predicted octanol–water partition coefficient (Wildman–Crippen LogP) is 5.64. The molecule has 2 aromatic heterocycles. The van der Waals surface area contributed by atoms with Crippen molar-refractivity contribution in [3.05, 3.63) is 57.5 Å². The predicted molar refractivity (Wildman–Crippen MR) is 153 cm³/mol. The molecule has 0 amide bonds. The SMILES string of the molecule is Cc1ccc(N(CC2CCC2)[C@H]2CC[C@@H](N(C)c3c(C#N)c(=O)n(C)c4ccc(C#N)nc34)CC2)cc1OC(F)F. The van der Waals surface area contributed by atoms with Gasteiger partial charge in [0.1, 0.15) is 34.7 Å². The van der Waals surface area contributed by atoms with Crippen LogP contribution in [0.15, 0.2) is 35.1 Å². The second-order valence-corrected chi connectivity index (χ2v) is 11.2. The number of hydrogen-bond donors (Lipinski definition) is 0. The van der Waals surface area contributed by atoms with Gasteiger partial charge in [0.2, 0.25) is 0 Å². The van der Waals surface area contributed by atoms with Crippen LogP contribution in [0.25, 0.3) is 11.0 Å². The topological polar surface area (TPSA) is 98.2 Å². The number of nitrogens with zero attached hydrogens (tertiary/aromatic N) is 6. The van der Waals surface area contributed by atoms with Crippen molar-refractivity contribution in [2.24, 2.45) is 13.0 Å². The Bertz CT molecular complexity index is 1580. The zero-order valence-corrected chi connectivity index (χ0v) is 23.6. The van der Waals surface area contributed by atoms with E-state index in [4.69, 9.17) is 4.74 Å². The zero-order chi connectivity index (χ0) is 29.3. The molecule has 0 atom stereocenters. The summed E-state index contributed by atoms with van der Waals surface area (Å²) >= 11 is 0. The number of ether oxygens (including phenoxy) is 1. The first-order valence-electron chi connectivity index (χ1n) is 14.1. The Morgan fingerprint density at radius 1 is 1.07 bits per heavy atom. The molecule has 1 aromatic carbocycles. The second-order valence-electron chi connectivity index (χ2n) is 11.2. The third-order valence-electron chi connectivity index (χ3n) is 8.85. The van der Waals surface area contributed by atoms with E-state index in [2.05, 4.69) is 22.0 Å². The highest BCUT2D eigenvalue weighted by Gasteiger charge is 2.33. The zero-order valence-electron chi connectivity index (χ0n) is 23.6. The molecular formula is C31H34F2N6O2. The fraction of sp³-hybridized carbons (Fsp3) is 0.484. The minimum atomic E-state index is -2.88. The molecule has 2 heterocycles. The molecule has 214 valence electrons. The summed E-state index contributed by atoms with van der Waals surface area (Å²) in [5.74, 6) is 0.789.